The van der Waals surface area contributed by atoms with Crippen molar-refractivity contribution < 1.29 is 4.79 Å². The van der Waals surface area contributed by atoms with Crippen LogP contribution in [0.4, 0.5) is 10.6 Å². The molecule has 0 atom stereocenters. The maximum absolute atomic E-state index is 11.9. The second kappa shape index (κ2) is 8.87. The van der Waals surface area contributed by atoms with E-state index in [1.54, 1.807) is 0 Å². The van der Waals surface area contributed by atoms with Crippen LogP contribution in [0.1, 0.15) is 22.3 Å². The Labute approximate surface area is 164 Å². The largest absolute Gasteiger partial charge is 0.367 e. The number of aryl methyl sites for hydroxylation is 2. The molecule has 2 amide bonds. The Morgan fingerprint density at radius 3 is 2.61 bits per heavy atom. The number of urea groups is 1. The zero-order valence-corrected chi connectivity index (χ0v) is 16.0. The molecule has 3 rings (SSSR count). The minimum atomic E-state index is -0.232. The summed E-state index contributed by atoms with van der Waals surface area (Å²) in [5.41, 5.74) is 4.62. The van der Waals surface area contributed by atoms with Crippen molar-refractivity contribution in [2.75, 3.05) is 18.4 Å². The van der Waals surface area contributed by atoms with Crippen LogP contribution in [-0.4, -0.2) is 24.1 Å². The summed E-state index contributed by atoms with van der Waals surface area (Å²) in [5.74, 6) is 0.536. The zero-order chi connectivity index (χ0) is 19.9. The highest BCUT2D eigenvalue weighted by Crippen LogP contribution is 2.23. The lowest BCUT2D eigenvalue weighted by atomic mass is 10.1. The van der Waals surface area contributed by atoms with Crippen molar-refractivity contribution in [1.29, 1.82) is 5.26 Å². The van der Waals surface area contributed by atoms with Crippen LogP contribution in [0.25, 0.3) is 10.9 Å². The van der Waals surface area contributed by atoms with Gasteiger partial charge in [-0.1, -0.05) is 42.0 Å². The Balaban J connectivity index is 1.55. The highest BCUT2D eigenvalue weighted by Gasteiger charge is 2.09. The van der Waals surface area contributed by atoms with Gasteiger partial charge in [-0.25, -0.2) is 9.78 Å². The second-order valence-corrected chi connectivity index (χ2v) is 6.67. The van der Waals surface area contributed by atoms with Gasteiger partial charge in [0.1, 0.15) is 11.9 Å². The van der Waals surface area contributed by atoms with Crippen LogP contribution in [0.3, 0.4) is 0 Å². The summed E-state index contributed by atoms with van der Waals surface area (Å²) in [6.45, 7) is 5.40. The molecule has 0 saturated heterocycles. The number of rotatable bonds is 6. The van der Waals surface area contributed by atoms with Gasteiger partial charge in [-0.2, -0.15) is 5.26 Å². The number of nitrogens with zero attached hydrogens (tertiary/aromatic N) is 2. The van der Waals surface area contributed by atoms with Crippen molar-refractivity contribution >= 4 is 22.8 Å². The molecule has 3 aromatic rings. The smallest absolute Gasteiger partial charge is 0.315 e. The number of anilines is 1. The quantitative estimate of drug-likeness (QED) is 0.576. The average Bonchev–Trinajstić information content (AvgIpc) is 2.70. The van der Waals surface area contributed by atoms with Gasteiger partial charge in [-0.05, 0) is 37.1 Å². The molecule has 0 spiro atoms. The second-order valence-electron chi connectivity index (χ2n) is 6.67. The molecule has 0 radical (unpaired) electrons. The van der Waals surface area contributed by atoms with E-state index in [0.717, 1.165) is 27.6 Å². The third-order valence-corrected chi connectivity index (χ3v) is 4.37. The zero-order valence-electron chi connectivity index (χ0n) is 16.0. The molecular weight excluding hydrogens is 350 g/mol. The standard InChI is InChI=1S/C22H23N5O/c1-15-10-16(2)20-18(11-15)12-19(13-23)21(27-20)24-8-9-25-22(28)26-14-17-6-4-3-5-7-17/h3-7,10-12H,8-9,14H2,1-2H3,(H,24,27)(H2,25,26,28). The van der Waals surface area contributed by atoms with Crippen LogP contribution in [0.5, 0.6) is 0 Å². The molecule has 1 aromatic heterocycles. The van der Waals surface area contributed by atoms with Gasteiger partial charge in [0.05, 0.1) is 11.1 Å². The van der Waals surface area contributed by atoms with Crippen molar-refractivity contribution in [3.63, 3.8) is 0 Å². The summed E-state index contributed by atoms with van der Waals surface area (Å²) in [6.07, 6.45) is 0. The van der Waals surface area contributed by atoms with Gasteiger partial charge in [-0.3, -0.25) is 0 Å². The van der Waals surface area contributed by atoms with E-state index in [4.69, 9.17) is 0 Å². The molecular formula is C22H23N5O. The van der Waals surface area contributed by atoms with E-state index in [2.05, 4.69) is 33.1 Å². The van der Waals surface area contributed by atoms with Crippen molar-refractivity contribution in [2.45, 2.75) is 20.4 Å². The number of nitrogens with one attached hydrogen (secondary N) is 3. The molecule has 0 aliphatic rings. The van der Waals surface area contributed by atoms with Crippen LogP contribution >= 0.6 is 0 Å². The van der Waals surface area contributed by atoms with Crippen LogP contribution in [-0.2, 0) is 6.54 Å². The van der Waals surface area contributed by atoms with E-state index in [1.165, 1.54) is 0 Å². The van der Waals surface area contributed by atoms with E-state index in [9.17, 15) is 10.1 Å². The van der Waals surface area contributed by atoms with Crippen LogP contribution in [0, 0.1) is 25.2 Å². The fraction of sp³-hybridized carbons (Fsp3) is 0.227. The van der Waals surface area contributed by atoms with E-state index in [0.29, 0.717) is 31.0 Å². The number of amides is 2. The first-order valence-corrected chi connectivity index (χ1v) is 9.18. The van der Waals surface area contributed by atoms with Gasteiger partial charge in [0.15, 0.2) is 0 Å². The summed E-state index contributed by atoms with van der Waals surface area (Å²) >= 11 is 0. The monoisotopic (exact) mass is 373 g/mol. The minimum Gasteiger partial charge on any atom is -0.367 e. The highest BCUT2D eigenvalue weighted by molar-refractivity contribution is 5.86. The van der Waals surface area contributed by atoms with Crippen molar-refractivity contribution in [3.8, 4) is 6.07 Å². The number of benzene rings is 2. The molecule has 2 aromatic carbocycles. The molecule has 0 bridgehead atoms. The first-order chi connectivity index (χ1) is 13.6. The molecule has 0 aliphatic heterocycles. The van der Waals surface area contributed by atoms with Gasteiger partial charge in [-0.15, -0.1) is 0 Å². The molecule has 142 valence electrons. The van der Waals surface area contributed by atoms with E-state index >= 15 is 0 Å². The SMILES string of the molecule is Cc1cc(C)c2nc(NCCNC(=O)NCc3ccccc3)c(C#N)cc2c1. The average molecular weight is 373 g/mol. The number of carbonyl (C=O) groups is 1. The van der Waals surface area contributed by atoms with Crippen molar-refractivity contribution in [1.82, 2.24) is 15.6 Å². The normalized spacial score (nSPS) is 10.3. The molecule has 3 N–H and O–H groups in total. The molecule has 0 aliphatic carbocycles. The Morgan fingerprint density at radius 1 is 1.07 bits per heavy atom. The fourth-order valence-electron chi connectivity index (χ4n) is 3.07. The number of aromatic nitrogens is 1. The van der Waals surface area contributed by atoms with Crippen LogP contribution in [0.15, 0.2) is 48.5 Å². The summed E-state index contributed by atoms with van der Waals surface area (Å²) < 4.78 is 0. The highest BCUT2D eigenvalue weighted by atomic mass is 16.2. The Morgan fingerprint density at radius 2 is 1.86 bits per heavy atom. The summed E-state index contributed by atoms with van der Waals surface area (Å²) in [6, 6.07) is 17.6. The molecule has 0 fully saturated rings. The molecule has 6 heteroatoms. The molecule has 1 heterocycles. The maximum atomic E-state index is 11.9. The number of nitriles is 1. The summed E-state index contributed by atoms with van der Waals surface area (Å²) in [4.78, 5) is 16.5. The number of hydrogen-bond acceptors (Lipinski definition) is 4. The summed E-state index contributed by atoms with van der Waals surface area (Å²) in [5, 5.41) is 19.1. The first-order valence-electron chi connectivity index (χ1n) is 9.18. The lowest BCUT2D eigenvalue weighted by Crippen LogP contribution is -2.37. The molecule has 28 heavy (non-hydrogen) atoms. The number of carbonyl (C=O) groups excluding carboxylic acids is 1. The molecule has 6 nitrogen and oxygen atoms in total. The predicted octanol–water partition coefficient (Wildman–Crippen LogP) is 3.63. The number of fused-ring (bicyclic) bond motifs is 1. The molecule has 0 saturated carbocycles. The molecule has 0 unspecified atom stereocenters. The third kappa shape index (κ3) is 4.77. The topological polar surface area (TPSA) is 89.8 Å². The predicted molar refractivity (Wildman–Crippen MR) is 111 cm³/mol. The van der Waals surface area contributed by atoms with E-state index < -0.39 is 0 Å². The van der Waals surface area contributed by atoms with Gasteiger partial charge in [0, 0.05) is 25.0 Å². The van der Waals surface area contributed by atoms with Gasteiger partial charge < -0.3 is 16.0 Å². The van der Waals surface area contributed by atoms with Gasteiger partial charge in [0.2, 0.25) is 0 Å². The van der Waals surface area contributed by atoms with Gasteiger partial charge in [0.25, 0.3) is 0 Å². The summed E-state index contributed by atoms with van der Waals surface area (Å²) in [7, 11) is 0. The Bertz CT molecular complexity index is 1020. The number of hydrogen-bond donors (Lipinski definition) is 3. The van der Waals surface area contributed by atoms with E-state index in [-0.39, 0.29) is 6.03 Å². The Hall–Kier alpha value is -3.59. The number of pyridine rings is 1. The van der Waals surface area contributed by atoms with Gasteiger partial charge >= 0.3 is 6.03 Å². The minimum absolute atomic E-state index is 0.232. The fourth-order valence-corrected chi connectivity index (χ4v) is 3.07. The third-order valence-electron chi connectivity index (χ3n) is 4.37. The van der Waals surface area contributed by atoms with E-state index in [1.807, 2.05) is 56.3 Å². The Kier molecular flexibility index (Phi) is 6.07. The van der Waals surface area contributed by atoms with Crippen LogP contribution in [0.2, 0.25) is 0 Å². The van der Waals surface area contributed by atoms with Crippen molar-refractivity contribution in [2.24, 2.45) is 0 Å². The van der Waals surface area contributed by atoms with Crippen LogP contribution < -0.4 is 16.0 Å². The lowest BCUT2D eigenvalue weighted by Gasteiger charge is -2.12. The lowest BCUT2D eigenvalue weighted by molar-refractivity contribution is 0.241. The first kappa shape index (κ1) is 19.2. The van der Waals surface area contributed by atoms with Crippen molar-refractivity contribution in [3.05, 3.63) is 70.8 Å². The maximum Gasteiger partial charge on any atom is 0.315 e.